The summed E-state index contributed by atoms with van der Waals surface area (Å²) in [6.45, 7) is 6.72. The Bertz CT molecular complexity index is 271. The number of hydrogen-bond donors (Lipinski definition) is 1. The topological polar surface area (TPSA) is 12.0 Å². The average molecular weight is 209 g/mol. The van der Waals surface area contributed by atoms with Crippen LogP contribution in [0.2, 0.25) is 0 Å². The number of hydrogen-bond acceptors (Lipinski definition) is 2. The minimum atomic E-state index is 0.256. The van der Waals surface area contributed by atoms with Crippen LogP contribution in [0.4, 0.5) is 0 Å². The molecule has 0 heterocycles. The highest BCUT2D eigenvalue weighted by Gasteiger charge is 2.12. The second-order valence-electron chi connectivity index (χ2n) is 4.42. The van der Waals surface area contributed by atoms with Crippen molar-refractivity contribution in [3.63, 3.8) is 0 Å². The van der Waals surface area contributed by atoms with E-state index < -0.39 is 0 Å². The van der Waals surface area contributed by atoms with Crippen LogP contribution in [-0.2, 0) is 5.41 Å². The van der Waals surface area contributed by atoms with Crippen molar-refractivity contribution < 1.29 is 0 Å². The molecule has 0 amide bonds. The second-order valence-corrected chi connectivity index (χ2v) is 5.47. The van der Waals surface area contributed by atoms with Gasteiger partial charge >= 0.3 is 0 Å². The third-order valence-electron chi connectivity index (χ3n) is 2.10. The van der Waals surface area contributed by atoms with Gasteiger partial charge in [-0.15, -0.1) is 11.8 Å². The van der Waals surface area contributed by atoms with E-state index in [0.717, 1.165) is 5.88 Å². The number of benzene rings is 1. The van der Waals surface area contributed by atoms with Crippen molar-refractivity contribution in [1.29, 1.82) is 0 Å². The fourth-order valence-corrected chi connectivity index (χ4v) is 1.85. The summed E-state index contributed by atoms with van der Waals surface area (Å²) in [5.41, 5.74) is 1.65. The zero-order valence-corrected chi connectivity index (χ0v) is 10.2. The van der Waals surface area contributed by atoms with Gasteiger partial charge in [0.25, 0.3) is 0 Å². The lowest BCUT2D eigenvalue weighted by Gasteiger charge is -2.19. The van der Waals surface area contributed by atoms with Gasteiger partial charge in [0, 0.05) is 10.8 Å². The highest BCUT2D eigenvalue weighted by Crippen LogP contribution is 2.25. The van der Waals surface area contributed by atoms with E-state index in [1.54, 1.807) is 0 Å². The molecular weight excluding hydrogens is 190 g/mol. The summed E-state index contributed by atoms with van der Waals surface area (Å²) in [5.74, 6) is 0.967. The summed E-state index contributed by atoms with van der Waals surface area (Å²) in [6, 6.07) is 8.83. The van der Waals surface area contributed by atoms with Crippen molar-refractivity contribution in [2.24, 2.45) is 0 Å². The lowest BCUT2D eigenvalue weighted by Crippen LogP contribution is -2.10. The number of thioether (sulfide) groups is 1. The molecule has 0 fully saturated rings. The molecule has 1 nitrogen and oxygen atoms in total. The predicted octanol–water partition coefficient (Wildman–Crippen LogP) is 3.25. The van der Waals surface area contributed by atoms with Gasteiger partial charge in [0.05, 0.1) is 0 Å². The van der Waals surface area contributed by atoms with Crippen LogP contribution < -0.4 is 5.32 Å². The molecule has 0 atom stereocenters. The Labute approximate surface area is 91.3 Å². The maximum Gasteiger partial charge on any atom is 0.0463 e. The fourth-order valence-electron chi connectivity index (χ4n) is 1.21. The summed E-state index contributed by atoms with van der Waals surface area (Å²) in [5, 5.41) is 3.12. The van der Waals surface area contributed by atoms with Crippen LogP contribution >= 0.6 is 11.8 Å². The maximum absolute atomic E-state index is 3.12. The first-order chi connectivity index (χ1) is 6.54. The van der Waals surface area contributed by atoms with Gasteiger partial charge in [-0.1, -0.05) is 32.9 Å². The molecule has 2 heteroatoms. The van der Waals surface area contributed by atoms with Gasteiger partial charge in [-0.3, -0.25) is 0 Å². The van der Waals surface area contributed by atoms with Crippen LogP contribution in [-0.4, -0.2) is 12.9 Å². The molecule has 1 rings (SSSR count). The van der Waals surface area contributed by atoms with Crippen LogP contribution in [0.25, 0.3) is 0 Å². The monoisotopic (exact) mass is 209 g/mol. The molecular formula is C12H19NS. The molecule has 0 bridgehead atoms. The largest absolute Gasteiger partial charge is 0.311 e. The summed E-state index contributed by atoms with van der Waals surface area (Å²) >= 11 is 1.83. The normalized spacial score (nSPS) is 11.7. The minimum absolute atomic E-state index is 0.256. The summed E-state index contributed by atoms with van der Waals surface area (Å²) in [6.07, 6.45) is 0. The molecule has 0 aliphatic heterocycles. The van der Waals surface area contributed by atoms with Gasteiger partial charge in [-0.25, -0.2) is 0 Å². The first kappa shape index (κ1) is 11.6. The molecule has 1 aromatic rings. The van der Waals surface area contributed by atoms with E-state index in [0.29, 0.717) is 0 Å². The van der Waals surface area contributed by atoms with Crippen molar-refractivity contribution in [2.45, 2.75) is 31.1 Å². The second kappa shape index (κ2) is 4.85. The van der Waals surface area contributed by atoms with E-state index in [9.17, 15) is 0 Å². The molecule has 0 aliphatic rings. The van der Waals surface area contributed by atoms with E-state index in [2.05, 4.69) is 50.4 Å². The first-order valence-electron chi connectivity index (χ1n) is 4.92. The van der Waals surface area contributed by atoms with Crippen molar-refractivity contribution >= 4 is 11.8 Å². The Balaban J connectivity index is 2.69. The van der Waals surface area contributed by atoms with E-state index in [1.165, 1.54) is 10.5 Å². The number of rotatable bonds is 3. The van der Waals surface area contributed by atoms with Crippen LogP contribution in [0.3, 0.4) is 0 Å². The van der Waals surface area contributed by atoms with Gasteiger partial charge in [0.2, 0.25) is 0 Å². The van der Waals surface area contributed by atoms with E-state index in [4.69, 9.17) is 0 Å². The van der Waals surface area contributed by atoms with Crippen molar-refractivity contribution in [3.8, 4) is 0 Å². The molecule has 0 saturated carbocycles. The Morgan fingerprint density at radius 2 is 1.71 bits per heavy atom. The molecule has 0 unspecified atom stereocenters. The quantitative estimate of drug-likeness (QED) is 0.606. The summed E-state index contributed by atoms with van der Waals surface area (Å²) in [4.78, 5) is 1.33. The van der Waals surface area contributed by atoms with Crippen LogP contribution in [0.15, 0.2) is 29.2 Å². The fraction of sp³-hybridized carbons (Fsp3) is 0.500. The highest BCUT2D eigenvalue weighted by atomic mass is 32.2. The van der Waals surface area contributed by atoms with Crippen LogP contribution in [0.5, 0.6) is 0 Å². The van der Waals surface area contributed by atoms with Crippen molar-refractivity contribution in [2.75, 3.05) is 12.9 Å². The van der Waals surface area contributed by atoms with Crippen LogP contribution in [0.1, 0.15) is 26.3 Å². The van der Waals surface area contributed by atoms with E-state index in [-0.39, 0.29) is 5.41 Å². The van der Waals surface area contributed by atoms with Gasteiger partial charge in [0.1, 0.15) is 0 Å². The average Bonchev–Trinajstić information content (AvgIpc) is 2.14. The van der Waals surface area contributed by atoms with Gasteiger partial charge in [-0.05, 0) is 30.2 Å². The predicted molar refractivity (Wildman–Crippen MR) is 64.9 cm³/mol. The smallest absolute Gasteiger partial charge is 0.0463 e. The Kier molecular flexibility index (Phi) is 4.02. The molecule has 14 heavy (non-hydrogen) atoms. The standard InChI is InChI=1S/C12H19NS/c1-12(2,3)10-5-7-11(8-6-10)14-9-13-4/h5-8,13H,9H2,1-4H3. The summed E-state index contributed by atoms with van der Waals surface area (Å²) in [7, 11) is 1.97. The molecule has 0 spiro atoms. The molecule has 0 radical (unpaired) electrons. The minimum Gasteiger partial charge on any atom is -0.311 e. The lowest BCUT2D eigenvalue weighted by molar-refractivity contribution is 0.590. The van der Waals surface area contributed by atoms with Crippen molar-refractivity contribution in [3.05, 3.63) is 29.8 Å². The third-order valence-corrected chi connectivity index (χ3v) is 3.14. The molecule has 1 aromatic carbocycles. The third kappa shape index (κ3) is 3.35. The van der Waals surface area contributed by atoms with Gasteiger partial charge < -0.3 is 5.32 Å². The first-order valence-corrected chi connectivity index (χ1v) is 5.90. The zero-order chi connectivity index (χ0) is 10.6. The van der Waals surface area contributed by atoms with E-state index in [1.807, 2.05) is 18.8 Å². The molecule has 0 saturated heterocycles. The SMILES string of the molecule is CNCSc1ccc(C(C)(C)C)cc1. The molecule has 78 valence electrons. The van der Waals surface area contributed by atoms with E-state index >= 15 is 0 Å². The Hall–Kier alpha value is -0.470. The molecule has 0 aliphatic carbocycles. The molecule has 1 N–H and O–H groups in total. The van der Waals surface area contributed by atoms with Gasteiger partial charge in [0.15, 0.2) is 0 Å². The highest BCUT2D eigenvalue weighted by molar-refractivity contribution is 7.99. The summed E-state index contributed by atoms with van der Waals surface area (Å²) < 4.78 is 0. The Morgan fingerprint density at radius 3 is 2.14 bits per heavy atom. The maximum atomic E-state index is 3.12. The number of nitrogens with one attached hydrogen (secondary N) is 1. The zero-order valence-electron chi connectivity index (χ0n) is 9.42. The lowest BCUT2D eigenvalue weighted by atomic mass is 9.87. The van der Waals surface area contributed by atoms with Crippen molar-refractivity contribution in [1.82, 2.24) is 5.32 Å². The van der Waals surface area contributed by atoms with Gasteiger partial charge in [-0.2, -0.15) is 0 Å². The van der Waals surface area contributed by atoms with Crippen LogP contribution in [0, 0.1) is 0 Å². The Morgan fingerprint density at radius 1 is 1.14 bits per heavy atom. The molecule has 0 aromatic heterocycles.